The Kier molecular flexibility index (Phi) is 3.85. The van der Waals surface area contributed by atoms with Crippen LogP contribution in [0.3, 0.4) is 0 Å². The summed E-state index contributed by atoms with van der Waals surface area (Å²) in [7, 11) is 0. The highest BCUT2D eigenvalue weighted by atomic mass is 16.5. The van der Waals surface area contributed by atoms with E-state index in [9.17, 15) is 0 Å². The van der Waals surface area contributed by atoms with E-state index >= 15 is 0 Å². The summed E-state index contributed by atoms with van der Waals surface area (Å²) in [4.78, 5) is 8.66. The van der Waals surface area contributed by atoms with Crippen molar-refractivity contribution in [2.45, 2.75) is 39.0 Å². The molecule has 0 aromatic carbocycles. The summed E-state index contributed by atoms with van der Waals surface area (Å²) in [6.07, 6.45) is 8.49. The zero-order chi connectivity index (χ0) is 13.1. The molecule has 3 atom stereocenters. The predicted octanol–water partition coefficient (Wildman–Crippen LogP) is 3.11. The molecule has 0 aliphatic heterocycles. The lowest BCUT2D eigenvalue weighted by molar-refractivity contribution is 0.305. The maximum absolute atomic E-state index is 5.53. The van der Waals surface area contributed by atoms with Crippen LogP contribution < -0.4 is 10.1 Å². The first-order valence-electron chi connectivity index (χ1n) is 7.55. The Morgan fingerprint density at radius 3 is 3.05 bits per heavy atom. The smallest absolute Gasteiger partial charge is 0.225 e. The summed E-state index contributed by atoms with van der Waals surface area (Å²) in [6, 6.07) is 1.82. The molecule has 0 radical (unpaired) electrons. The van der Waals surface area contributed by atoms with Crippen LogP contribution in [0.1, 0.15) is 39.0 Å². The Labute approximate surface area is 115 Å². The van der Waals surface area contributed by atoms with E-state index in [1.807, 2.05) is 6.07 Å². The van der Waals surface area contributed by atoms with Crippen LogP contribution in [0, 0.1) is 17.8 Å². The van der Waals surface area contributed by atoms with Gasteiger partial charge in [0.1, 0.15) is 0 Å². The van der Waals surface area contributed by atoms with E-state index in [1.54, 1.807) is 6.20 Å². The van der Waals surface area contributed by atoms with Crippen molar-refractivity contribution in [3.05, 3.63) is 12.3 Å². The van der Waals surface area contributed by atoms with Crippen molar-refractivity contribution < 1.29 is 4.74 Å². The average Bonchev–Trinajstić information content (AvgIpc) is 3.06. The molecule has 1 aromatic heterocycles. The van der Waals surface area contributed by atoms with Crippen molar-refractivity contribution >= 4 is 5.95 Å². The third kappa shape index (κ3) is 2.99. The molecule has 3 unspecified atom stereocenters. The van der Waals surface area contributed by atoms with Gasteiger partial charge >= 0.3 is 0 Å². The second-order valence-corrected chi connectivity index (χ2v) is 5.88. The predicted molar refractivity (Wildman–Crippen MR) is 75.2 cm³/mol. The van der Waals surface area contributed by atoms with E-state index < -0.39 is 0 Å². The number of nitrogens with zero attached hydrogens (tertiary/aromatic N) is 2. The zero-order valence-electron chi connectivity index (χ0n) is 11.6. The quantitative estimate of drug-likeness (QED) is 0.854. The third-order valence-corrected chi connectivity index (χ3v) is 4.49. The standard InChI is InChI=1S/C15H23N3O/c1-2-7-19-14-5-6-16-15(18-14)17-10-13-9-11-3-4-12(13)8-11/h5-6,11-13H,2-4,7-10H2,1H3,(H,16,17,18). The van der Waals surface area contributed by atoms with E-state index in [4.69, 9.17) is 4.74 Å². The van der Waals surface area contributed by atoms with Gasteiger partial charge in [-0.25, -0.2) is 4.98 Å². The number of ether oxygens (including phenoxy) is 1. The number of anilines is 1. The largest absolute Gasteiger partial charge is 0.478 e. The van der Waals surface area contributed by atoms with E-state index in [1.165, 1.54) is 25.7 Å². The van der Waals surface area contributed by atoms with Crippen molar-refractivity contribution in [2.75, 3.05) is 18.5 Å². The van der Waals surface area contributed by atoms with Gasteiger partial charge in [0, 0.05) is 18.8 Å². The minimum atomic E-state index is 0.673. The van der Waals surface area contributed by atoms with Crippen molar-refractivity contribution in [2.24, 2.45) is 17.8 Å². The SMILES string of the molecule is CCCOc1ccnc(NCC2CC3CCC2C3)n1. The van der Waals surface area contributed by atoms with Gasteiger partial charge in [-0.15, -0.1) is 0 Å². The highest BCUT2D eigenvalue weighted by Gasteiger charge is 2.39. The number of hydrogen-bond donors (Lipinski definition) is 1. The topological polar surface area (TPSA) is 47.0 Å². The number of rotatable bonds is 6. The van der Waals surface area contributed by atoms with Crippen LogP contribution in [0.2, 0.25) is 0 Å². The summed E-state index contributed by atoms with van der Waals surface area (Å²) in [5.41, 5.74) is 0. The number of aromatic nitrogens is 2. The Bertz CT molecular complexity index is 424. The second-order valence-electron chi connectivity index (χ2n) is 5.88. The average molecular weight is 261 g/mol. The summed E-state index contributed by atoms with van der Waals surface area (Å²) >= 11 is 0. The summed E-state index contributed by atoms with van der Waals surface area (Å²) < 4.78 is 5.53. The molecule has 2 bridgehead atoms. The first kappa shape index (κ1) is 12.7. The fourth-order valence-electron chi connectivity index (χ4n) is 3.56. The van der Waals surface area contributed by atoms with Crippen molar-refractivity contribution in [1.29, 1.82) is 0 Å². The lowest BCUT2D eigenvalue weighted by atomic mass is 9.89. The molecule has 4 nitrogen and oxygen atoms in total. The maximum atomic E-state index is 5.53. The molecule has 1 heterocycles. The summed E-state index contributed by atoms with van der Waals surface area (Å²) in [5, 5.41) is 3.39. The molecular weight excluding hydrogens is 238 g/mol. The number of hydrogen-bond acceptors (Lipinski definition) is 4. The Hall–Kier alpha value is -1.32. The maximum Gasteiger partial charge on any atom is 0.225 e. The molecule has 104 valence electrons. The highest BCUT2D eigenvalue weighted by molar-refractivity contribution is 5.27. The summed E-state index contributed by atoms with van der Waals surface area (Å²) in [5.74, 6) is 4.14. The van der Waals surface area contributed by atoms with E-state index in [2.05, 4.69) is 22.2 Å². The Balaban J connectivity index is 1.52. The Morgan fingerprint density at radius 1 is 1.37 bits per heavy atom. The molecule has 1 N–H and O–H groups in total. The van der Waals surface area contributed by atoms with Gasteiger partial charge < -0.3 is 10.1 Å². The monoisotopic (exact) mass is 261 g/mol. The summed E-state index contributed by atoms with van der Waals surface area (Å²) in [6.45, 7) is 3.82. The fourth-order valence-corrected chi connectivity index (χ4v) is 3.56. The molecule has 2 fully saturated rings. The first-order chi connectivity index (χ1) is 9.35. The Morgan fingerprint density at radius 2 is 2.32 bits per heavy atom. The lowest BCUT2D eigenvalue weighted by Crippen LogP contribution is -2.21. The number of fused-ring (bicyclic) bond motifs is 2. The minimum absolute atomic E-state index is 0.673. The lowest BCUT2D eigenvalue weighted by Gasteiger charge is -2.21. The molecule has 3 rings (SSSR count). The van der Waals surface area contributed by atoms with Crippen molar-refractivity contribution in [3.63, 3.8) is 0 Å². The van der Waals surface area contributed by atoms with Crippen LogP contribution in [0.5, 0.6) is 5.88 Å². The molecule has 1 aromatic rings. The minimum Gasteiger partial charge on any atom is -0.478 e. The molecular formula is C15H23N3O. The van der Waals surface area contributed by atoms with E-state index in [0.717, 1.165) is 30.7 Å². The van der Waals surface area contributed by atoms with Crippen LogP contribution >= 0.6 is 0 Å². The molecule has 2 aliphatic carbocycles. The van der Waals surface area contributed by atoms with E-state index in [-0.39, 0.29) is 0 Å². The van der Waals surface area contributed by atoms with Gasteiger partial charge in [0.05, 0.1) is 6.61 Å². The normalized spacial score (nSPS) is 28.6. The molecule has 2 aliphatic rings. The van der Waals surface area contributed by atoms with Crippen molar-refractivity contribution in [3.8, 4) is 5.88 Å². The van der Waals surface area contributed by atoms with Gasteiger partial charge in [0.15, 0.2) is 0 Å². The van der Waals surface area contributed by atoms with Crippen LogP contribution in [-0.2, 0) is 0 Å². The molecule has 0 saturated heterocycles. The van der Waals surface area contributed by atoms with Gasteiger partial charge in [0.2, 0.25) is 11.8 Å². The van der Waals surface area contributed by atoms with E-state index in [0.29, 0.717) is 18.4 Å². The van der Waals surface area contributed by atoms with Crippen LogP contribution in [-0.4, -0.2) is 23.1 Å². The highest BCUT2D eigenvalue weighted by Crippen LogP contribution is 2.48. The third-order valence-electron chi connectivity index (χ3n) is 4.49. The van der Waals surface area contributed by atoms with Gasteiger partial charge in [0.25, 0.3) is 0 Å². The molecule has 2 saturated carbocycles. The van der Waals surface area contributed by atoms with Gasteiger partial charge in [-0.2, -0.15) is 4.98 Å². The number of nitrogens with one attached hydrogen (secondary N) is 1. The zero-order valence-corrected chi connectivity index (χ0v) is 11.6. The van der Waals surface area contributed by atoms with Crippen LogP contribution in [0.25, 0.3) is 0 Å². The van der Waals surface area contributed by atoms with Gasteiger partial charge in [-0.1, -0.05) is 13.3 Å². The fraction of sp³-hybridized carbons (Fsp3) is 0.733. The first-order valence-corrected chi connectivity index (χ1v) is 7.55. The molecule has 0 amide bonds. The molecule has 19 heavy (non-hydrogen) atoms. The van der Waals surface area contributed by atoms with Gasteiger partial charge in [-0.05, 0) is 43.4 Å². The molecule has 4 heteroatoms. The second kappa shape index (κ2) is 5.76. The van der Waals surface area contributed by atoms with Gasteiger partial charge in [-0.3, -0.25) is 0 Å². The van der Waals surface area contributed by atoms with Crippen molar-refractivity contribution in [1.82, 2.24) is 9.97 Å². The van der Waals surface area contributed by atoms with Crippen LogP contribution in [0.15, 0.2) is 12.3 Å². The molecule has 0 spiro atoms. The van der Waals surface area contributed by atoms with Crippen LogP contribution in [0.4, 0.5) is 5.95 Å².